The number of anilines is 1. The molecule has 1 fully saturated rings. The Morgan fingerprint density at radius 1 is 1.07 bits per heavy atom. The smallest absolute Gasteiger partial charge is 0.254 e. The third-order valence-corrected chi connectivity index (χ3v) is 6.24. The van der Waals surface area contributed by atoms with Gasteiger partial charge >= 0.3 is 0 Å². The number of rotatable bonds is 6. The van der Waals surface area contributed by atoms with E-state index in [4.69, 9.17) is 0 Å². The topological polar surface area (TPSA) is 82.6 Å². The fraction of sp³-hybridized carbons (Fsp3) is 0.333. The fourth-order valence-corrected chi connectivity index (χ4v) is 4.24. The average Bonchev–Trinajstić information content (AvgIpc) is 2.69. The van der Waals surface area contributed by atoms with Crippen molar-refractivity contribution in [3.8, 4) is 0 Å². The number of nitrogens with zero attached hydrogens (tertiary/aromatic N) is 3. The van der Waals surface area contributed by atoms with E-state index in [-0.39, 0.29) is 17.9 Å². The Morgan fingerprint density at radius 2 is 1.78 bits per heavy atom. The van der Waals surface area contributed by atoms with E-state index in [9.17, 15) is 17.6 Å². The molecule has 7 nitrogen and oxygen atoms in total. The lowest BCUT2D eigenvalue weighted by Crippen LogP contribution is -2.50. The van der Waals surface area contributed by atoms with Gasteiger partial charge in [0.25, 0.3) is 5.91 Å². The Labute approximate surface area is 157 Å². The Hall–Kier alpha value is -2.52. The quantitative estimate of drug-likeness (QED) is 0.796. The lowest BCUT2D eigenvalue weighted by atomic mass is 10.2. The highest BCUT2D eigenvalue weighted by atomic mass is 32.2. The SMILES string of the molecule is O=C(NCCS(=O)(=O)N1CCN(c2ccccn2)CC1)c1ccccc1F. The number of sulfonamides is 1. The molecule has 0 spiro atoms. The van der Waals surface area contributed by atoms with Crippen molar-refractivity contribution in [2.75, 3.05) is 43.4 Å². The molecule has 0 atom stereocenters. The minimum atomic E-state index is -3.50. The van der Waals surface area contributed by atoms with Crippen LogP contribution in [0.2, 0.25) is 0 Å². The Morgan fingerprint density at radius 3 is 2.44 bits per heavy atom. The second kappa shape index (κ2) is 8.45. The number of piperazine rings is 1. The maximum absolute atomic E-state index is 13.6. The zero-order valence-corrected chi connectivity index (χ0v) is 15.5. The van der Waals surface area contributed by atoms with E-state index < -0.39 is 21.7 Å². The first-order chi connectivity index (χ1) is 13.0. The van der Waals surface area contributed by atoms with Crippen molar-refractivity contribution >= 4 is 21.7 Å². The normalized spacial score (nSPS) is 15.5. The molecular weight excluding hydrogens is 371 g/mol. The van der Waals surface area contributed by atoms with Gasteiger partial charge in [-0.1, -0.05) is 18.2 Å². The maximum atomic E-state index is 13.6. The number of hydrogen-bond donors (Lipinski definition) is 1. The van der Waals surface area contributed by atoms with Crippen molar-refractivity contribution < 1.29 is 17.6 Å². The first-order valence-corrected chi connectivity index (χ1v) is 10.2. The van der Waals surface area contributed by atoms with Gasteiger partial charge in [-0.05, 0) is 24.3 Å². The van der Waals surface area contributed by atoms with Crippen LogP contribution in [0.15, 0.2) is 48.7 Å². The summed E-state index contributed by atoms with van der Waals surface area (Å²) in [5.41, 5.74) is -0.0983. The van der Waals surface area contributed by atoms with Crippen LogP contribution >= 0.6 is 0 Å². The molecule has 3 rings (SSSR count). The van der Waals surface area contributed by atoms with Gasteiger partial charge in [0.1, 0.15) is 11.6 Å². The van der Waals surface area contributed by atoms with E-state index in [0.717, 1.165) is 5.82 Å². The van der Waals surface area contributed by atoms with Gasteiger partial charge in [0.15, 0.2) is 0 Å². The number of carbonyl (C=O) groups is 1. The number of amides is 1. The zero-order valence-electron chi connectivity index (χ0n) is 14.7. The minimum absolute atomic E-state index is 0.0735. The number of carbonyl (C=O) groups excluding carboxylic acids is 1. The third-order valence-electron chi connectivity index (χ3n) is 4.37. The molecule has 2 aromatic rings. The molecule has 0 bridgehead atoms. The second-order valence-corrected chi connectivity index (χ2v) is 8.21. The average molecular weight is 392 g/mol. The van der Waals surface area contributed by atoms with Gasteiger partial charge in [0, 0.05) is 38.9 Å². The van der Waals surface area contributed by atoms with Crippen LogP contribution in [0.5, 0.6) is 0 Å². The lowest BCUT2D eigenvalue weighted by Gasteiger charge is -2.34. The molecule has 9 heteroatoms. The Bertz CT molecular complexity index is 884. The van der Waals surface area contributed by atoms with Crippen LogP contribution in [0.4, 0.5) is 10.2 Å². The van der Waals surface area contributed by atoms with Crippen molar-refractivity contribution in [3.63, 3.8) is 0 Å². The van der Waals surface area contributed by atoms with Crippen LogP contribution in [-0.4, -0.2) is 62.1 Å². The summed E-state index contributed by atoms with van der Waals surface area (Å²) in [4.78, 5) is 18.3. The summed E-state index contributed by atoms with van der Waals surface area (Å²) in [7, 11) is -3.50. The predicted octanol–water partition coefficient (Wildman–Crippen LogP) is 1.10. The first-order valence-electron chi connectivity index (χ1n) is 8.64. The molecule has 1 saturated heterocycles. The van der Waals surface area contributed by atoms with Crippen LogP contribution in [-0.2, 0) is 10.0 Å². The van der Waals surface area contributed by atoms with Crippen molar-refractivity contribution in [3.05, 3.63) is 60.0 Å². The molecule has 1 aromatic heterocycles. The molecule has 144 valence electrons. The minimum Gasteiger partial charge on any atom is -0.354 e. The highest BCUT2D eigenvalue weighted by Crippen LogP contribution is 2.14. The van der Waals surface area contributed by atoms with Crippen molar-refractivity contribution in [1.29, 1.82) is 0 Å². The van der Waals surface area contributed by atoms with Gasteiger partial charge < -0.3 is 10.2 Å². The number of halogens is 1. The maximum Gasteiger partial charge on any atom is 0.254 e. The first kappa shape index (κ1) is 19.2. The molecule has 2 heterocycles. The van der Waals surface area contributed by atoms with Gasteiger partial charge in [-0.3, -0.25) is 4.79 Å². The van der Waals surface area contributed by atoms with E-state index in [1.807, 2.05) is 23.1 Å². The van der Waals surface area contributed by atoms with E-state index in [2.05, 4.69) is 10.3 Å². The van der Waals surface area contributed by atoms with Crippen LogP contribution in [0.3, 0.4) is 0 Å². The third kappa shape index (κ3) is 4.81. The van der Waals surface area contributed by atoms with E-state index in [0.29, 0.717) is 26.2 Å². The summed E-state index contributed by atoms with van der Waals surface area (Å²) in [5, 5.41) is 2.46. The van der Waals surface area contributed by atoms with E-state index in [1.165, 1.54) is 22.5 Å². The van der Waals surface area contributed by atoms with E-state index >= 15 is 0 Å². The van der Waals surface area contributed by atoms with Crippen molar-refractivity contribution in [2.45, 2.75) is 0 Å². The molecule has 1 amide bonds. The van der Waals surface area contributed by atoms with Crippen LogP contribution in [0, 0.1) is 5.82 Å². The molecule has 0 radical (unpaired) electrons. The molecule has 1 N–H and O–H groups in total. The summed E-state index contributed by atoms with van der Waals surface area (Å²) in [6.07, 6.45) is 1.71. The Balaban J connectivity index is 1.49. The van der Waals surface area contributed by atoms with E-state index in [1.54, 1.807) is 12.3 Å². The van der Waals surface area contributed by atoms with Gasteiger partial charge in [-0.2, -0.15) is 4.31 Å². The van der Waals surface area contributed by atoms with Crippen LogP contribution in [0.25, 0.3) is 0 Å². The largest absolute Gasteiger partial charge is 0.354 e. The Kier molecular flexibility index (Phi) is 6.02. The highest BCUT2D eigenvalue weighted by molar-refractivity contribution is 7.89. The molecule has 27 heavy (non-hydrogen) atoms. The zero-order chi connectivity index (χ0) is 19.3. The van der Waals surface area contributed by atoms with Gasteiger partial charge in [0.05, 0.1) is 11.3 Å². The monoisotopic (exact) mass is 392 g/mol. The predicted molar refractivity (Wildman–Crippen MR) is 101 cm³/mol. The van der Waals surface area contributed by atoms with Crippen molar-refractivity contribution in [1.82, 2.24) is 14.6 Å². The van der Waals surface area contributed by atoms with Crippen LogP contribution in [0.1, 0.15) is 10.4 Å². The summed E-state index contributed by atoms with van der Waals surface area (Å²) in [6.45, 7) is 1.76. The summed E-state index contributed by atoms with van der Waals surface area (Å²) >= 11 is 0. The van der Waals surface area contributed by atoms with Crippen LogP contribution < -0.4 is 10.2 Å². The van der Waals surface area contributed by atoms with Gasteiger partial charge in [-0.15, -0.1) is 0 Å². The lowest BCUT2D eigenvalue weighted by molar-refractivity contribution is 0.0952. The molecule has 1 aliphatic heterocycles. The highest BCUT2D eigenvalue weighted by Gasteiger charge is 2.27. The molecule has 0 aliphatic carbocycles. The number of hydrogen-bond acceptors (Lipinski definition) is 5. The van der Waals surface area contributed by atoms with Gasteiger partial charge in [0.2, 0.25) is 10.0 Å². The number of pyridine rings is 1. The summed E-state index contributed by atoms with van der Waals surface area (Å²) < 4.78 is 40.0. The number of benzene rings is 1. The van der Waals surface area contributed by atoms with Gasteiger partial charge in [-0.25, -0.2) is 17.8 Å². The fourth-order valence-electron chi connectivity index (χ4n) is 2.90. The van der Waals surface area contributed by atoms with Crippen molar-refractivity contribution in [2.24, 2.45) is 0 Å². The summed E-state index contributed by atoms with van der Waals surface area (Å²) in [5.74, 6) is -0.657. The standard InChI is InChI=1S/C18H21FN4O3S/c19-16-6-2-1-5-15(16)18(24)21-9-14-27(25,26)23-12-10-22(11-13-23)17-7-3-4-8-20-17/h1-8H,9-14H2,(H,21,24). The molecule has 1 aliphatic rings. The molecular formula is C18H21FN4O3S. The number of aromatic nitrogens is 1. The number of nitrogens with one attached hydrogen (secondary N) is 1. The summed E-state index contributed by atoms with van der Waals surface area (Å²) in [6, 6.07) is 11.2. The molecule has 1 aromatic carbocycles. The molecule has 0 unspecified atom stereocenters. The second-order valence-electron chi connectivity index (χ2n) is 6.13. The molecule has 0 saturated carbocycles.